The van der Waals surface area contributed by atoms with Crippen LogP contribution in [0, 0.1) is 13.8 Å². The highest BCUT2D eigenvalue weighted by Gasteiger charge is 2.05. The van der Waals surface area contributed by atoms with Gasteiger partial charge in [-0.1, -0.05) is 0 Å². The maximum atomic E-state index is 10.8. The van der Waals surface area contributed by atoms with E-state index in [1.165, 1.54) is 11.9 Å². The van der Waals surface area contributed by atoms with Gasteiger partial charge in [0.25, 0.3) is 0 Å². The summed E-state index contributed by atoms with van der Waals surface area (Å²) < 4.78 is 8.01. The minimum atomic E-state index is -0.164. The minimum absolute atomic E-state index is 0.164. The SMILES string of the molecule is CNC(=O)NSCCSCc1nc(C)oc1C. The summed E-state index contributed by atoms with van der Waals surface area (Å²) in [4.78, 5) is 15.1. The maximum absolute atomic E-state index is 10.8. The molecule has 96 valence electrons. The number of carbonyl (C=O) groups is 1. The number of urea groups is 1. The first-order valence-corrected chi connectivity index (χ1v) is 7.37. The van der Waals surface area contributed by atoms with Crippen molar-refractivity contribution in [3.63, 3.8) is 0 Å². The molecule has 0 aliphatic carbocycles. The van der Waals surface area contributed by atoms with E-state index in [4.69, 9.17) is 4.42 Å². The summed E-state index contributed by atoms with van der Waals surface area (Å²) >= 11 is 3.18. The molecule has 0 atom stereocenters. The molecule has 2 amide bonds. The van der Waals surface area contributed by atoms with Crippen molar-refractivity contribution >= 4 is 29.7 Å². The lowest BCUT2D eigenvalue weighted by atomic mass is 10.4. The molecular weight excluding hydrogens is 258 g/mol. The normalized spacial score (nSPS) is 10.3. The van der Waals surface area contributed by atoms with Crippen molar-refractivity contribution in [3.05, 3.63) is 17.3 Å². The lowest BCUT2D eigenvalue weighted by Gasteiger charge is -2.02. The number of aryl methyl sites for hydroxylation is 2. The van der Waals surface area contributed by atoms with E-state index >= 15 is 0 Å². The van der Waals surface area contributed by atoms with Gasteiger partial charge in [-0.05, 0) is 18.9 Å². The third-order valence-corrected chi connectivity index (χ3v) is 3.93. The van der Waals surface area contributed by atoms with E-state index in [1.807, 2.05) is 13.8 Å². The lowest BCUT2D eigenvalue weighted by Crippen LogP contribution is -2.27. The molecule has 1 heterocycles. The standard InChI is InChI=1S/C10H17N3O2S2/c1-7-9(12-8(2)15-7)6-16-4-5-17-13-10(14)11-3/h4-6H2,1-3H3,(H2,11,13,14). The Bertz CT molecular complexity index is 368. The second-order valence-electron chi connectivity index (χ2n) is 3.32. The van der Waals surface area contributed by atoms with Crippen LogP contribution in [0.2, 0.25) is 0 Å². The van der Waals surface area contributed by atoms with Crippen LogP contribution < -0.4 is 10.0 Å². The number of hydrogen-bond acceptors (Lipinski definition) is 5. The number of rotatable bonds is 6. The number of nitrogens with one attached hydrogen (secondary N) is 2. The Morgan fingerprint density at radius 2 is 2.18 bits per heavy atom. The summed E-state index contributed by atoms with van der Waals surface area (Å²) in [6, 6.07) is -0.164. The molecule has 0 aliphatic heterocycles. The molecule has 0 radical (unpaired) electrons. The number of amides is 2. The van der Waals surface area contributed by atoms with Crippen molar-refractivity contribution in [2.75, 3.05) is 18.6 Å². The number of nitrogens with zero attached hydrogens (tertiary/aromatic N) is 1. The van der Waals surface area contributed by atoms with Crippen LogP contribution in [0.3, 0.4) is 0 Å². The smallest absolute Gasteiger partial charge is 0.324 e. The third kappa shape index (κ3) is 5.36. The van der Waals surface area contributed by atoms with Crippen LogP contribution in [0.1, 0.15) is 17.3 Å². The molecule has 0 saturated carbocycles. The average Bonchev–Trinajstić information content (AvgIpc) is 2.62. The van der Waals surface area contributed by atoms with Gasteiger partial charge in [0.2, 0.25) is 0 Å². The Labute approximate surface area is 110 Å². The molecule has 5 nitrogen and oxygen atoms in total. The van der Waals surface area contributed by atoms with Crippen LogP contribution in [0.15, 0.2) is 4.42 Å². The van der Waals surface area contributed by atoms with Crippen LogP contribution in [0.5, 0.6) is 0 Å². The van der Waals surface area contributed by atoms with Crippen molar-refractivity contribution in [1.82, 2.24) is 15.0 Å². The number of oxazole rings is 1. The molecule has 0 aromatic carbocycles. The van der Waals surface area contributed by atoms with E-state index in [0.717, 1.165) is 28.7 Å². The fourth-order valence-corrected chi connectivity index (χ4v) is 2.89. The molecule has 0 saturated heterocycles. The van der Waals surface area contributed by atoms with Gasteiger partial charge in [0, 0.05) is 31.2 Å². The van der Waals surface area contributed by atoms with Gasteiger partial charge in [-0.3, -0.25) is 4.72 Å². The van der Waals surface area contributed by atoms with Crippen molar-refractivity contribution in [2.24, 2.45) is 0 Å². The van der Waals surface area contributed by atoms with E-state index in [0.29, 0.717) is 5.89 Å². The van der Waals surface area contributed by atoms with Gasteiger partial charge >= 0.3 is 6.03 Å². The van der Waals surface area contributed by atoms with Crippen molar-refractivity contribution in [2.45, 2.75) is 19.6 Å². The zero-order valence-corrected chi connectivity index (χ0v) is 11.8. The first kappa shape index (κ1) is 14.2. The van der Waals surface area contributed by atoms with Crippen LogP contribution in [0.25, 0.3) is 0 Å². The Hall–Kier alpha value is -0.820. The number of hydrogen-bond donors (Lipinski definition) is 2. The van der Waals surface area contributed by atoms with Crippen LogP contribution >= 0.6 is 23.7 Å². The van der Waals surface area contributed by atoms with E-state index in [-0.39, 0.29) is 6.03 Å². The predicted molar refractivity (Wildman–Crippen MR) is 72.2 cm³/mol. The van der Waals surface area contributed by atoms with Crippen molar-refractivity contribution in [1.29, 1.82) is 0 Å². The van der Waals surface area contributed by atoms with Gasteiger partial charge in [-0.2, -0.15) is 11.8 Å². The average molecular weight is 275 g/mol. The second-order valence-corrected chi connectivity index (χ2v) is 5.32. The van der Waals surface area contributed by atoms with Crippen LogP contribution in [-0.4, -0.2) is 29.6 Å². The summed E-state index contributed by atoms with van der Waals surface area (Å²) in [5.41, 5.74) is 1.01. The van der Waals surface area contributed by atoms with E-state index in [9.17, 15) is 4.79 Å². The van der Waals surface area contributed by atoms with Crippen LogP contribution in [0.4, 0.5) is 4.79 Å². The molecule has 0 bridgehead atoms. The molecule has 1 aromatic heterocycles. The Kier molecular flexibility index (Phi) is 6.28. The van der Waals surface area contributed by atoms with Crippen LogP contribution in [-0.2, 0) is 5.75 Å². The Morgan fingerprint density at radius 3 is 2.76 bits per heavy atom. The highest BCUT2D eigenvalue weighted by molar-refractivity contribution is 8.01. The van der Waals surface area contributed by atoms with Crippen molar-refractivity contribution in [3.8, 4) is 0 Å². The molecule has 0 spiro atoms. The Morgan fingerprint density at radius 1 is 1.41 bits per heavy atom. The summed E-state index contributed by atoms with van der Waals surface area (Å²) in [6.07, 6.45) is 0. The molecular formula is C10H17N3O2S2. The van der Waals surface area contributed by atoms with Gasteiger partial charge in [0.1, 0.15) is 5.76 Å². The number of carbonyl (C=O) groups excluding carboxylic acids is 1. The minimum Gasteiger partial charge on any atom is -0.446 e. The quantitative estimate of drug-likeness (QED) is 0.615. The summed E-state index contributed by atoms with van der Waals surface area (Å²) in [5.74, 6) is 4.29. The highest BCUT2D eigenvalue weighted by Crippen LogP contribution is 2.16. The second kappa shape index (κ2) is 7.50. The van der Waals surface area contributed by atoms with Gasteiger partial charge in [-0.15, -0.1) is 0 Å². The van der Waals surface area contributed by atoms with E-state index < -0.39 is 0 Å². The predicted octanol–water partition coefficient (Wildman–Crippen LogP) is 2.10. The topological polar surface area (TPSA) is 67.2 Å². The lowest BCUT2D eigenvalue weighted by molar-refractivity contribution is 0.248. The summed E-state index contributed by atoms with van der Waals surface area (Å²) in [6.45, 7) is 3.78. The van der Waals surface area contributed by atoms with E-state index in [1.54, 1.807) is 18.8 Å². The molecule has 0 unspecified atom stereocenters. The third-order valence-electron chi connectivity index (χ3n) is 1.96. The first-order chi connectivity index (χ1) is 8.13. The molecule has 2 N–H and O–H groups in total. The zero-order chi connectivity index (χ0) is 12.7. The molecule has 0 fully saturated rings. The fourth-order valence-electron chi connectivity index (χ4n) is 1.14. The van der Waals surface area contributed by atoms with Crippen molar-refractivity contribution < 1.29 is 9.21 Å². The molecule has 1 aromatic rings. The maximum Gasteiger partial charge on any atom is 0.324 e. The zero-order valence-electron chi connectivity index (χ0n) is 10.2. The summed E-state index contributed by atoms with van der Waals surface area (Å²) in [7, 11) is 1.60. The van der Waals surface area contributed by atoms with Gasteiger partial charge < -0.3 is 9.73 Å². The van der Waals surface area contributed by atoms with E-state index in [2.05, 4.69) is 15.0 Å². The molecule has 0 aliphatic rings. The highest BCUT2D eigenvalue weighted by atomic mass is 32.2. The Balaban J connectivity index is 2.08. The van der Waals surface area contributed by atoms with Gasteiger partial charge in [-0.25, -0.2) is 9.78 Å². The van der Waals surface area contributed by atoms with Gasteiger partial charge in [0.05, 0.1) is 5.69 Å². The monoisotopic (exact) mass is 275 g/mol. The summed E-state index contributed by atoms with van der Waals surface area (Å²) in [5, 5.41) is 2.49. The number of aromatic nitrogens is 1. The molecule has 7 heteroatoms. The molecule has 1 rings (SSSR count). The number of thioether (sulfide) groups is 1. The molecule has 17 heavy (non-hydrogen) atoms. The fraction of sp³-hybridized carbons (Fsp3) is 0.600. The largest absolute Gasteiger partial charge is 0.446 e. The van der Waals surface area contributed by atoms with Gasteiger partial charge in [0.15, 0.2) is 5.89 Å². The first-order valence-electron chi connectivity index (χ1n) is 5.23.